The molecule has 1 amide bonds. The Morgan fingerprint density at radius 3 is 2.96 bits per heavy atom. The fourth-order valence-electron chi connectivity index (χ4n) is 2.95. The highest BCUT2D eigenvalue weighted by atomic mass is 79.9. The lowest BCUT2D eigenvalue weighted by Gasteiger charge is -2.09. The monoisotopic (exact) mass is 405 g/mol. The smallest absolute Gasteiger partial charge is 0.253 e. The molecule has 0 aromatic carbocycles. The predicted octanol–water partition coefficient (Wildman–Crippen LogP) is 3.37. The van der Waals surface area contributed by atoms with Crippen LogP contribution in [0.1, 0.15) is 34.4 Å². The van der Waals surface area contributed by atoms with Gasteiger partial charge in [-0.05, 0) is 60.2 Å². The molecule has 24 heavy (non-hydrogen) atoms. The summed E-state index contributed by atoms with van der Waals surface area (Å²) in [6.45, 7) is 1.63. The van der Waals surface area contributed by atoms with Crippen molar-refractivity contribution in [1.29, 1.82) is 5.26 Å². The topological polar surface area (TPSA) is 74.9 Å². The van der Waals surface area contributed by atoms with E-state index < -0.39 is 0 Å². The highest BCUT2D eigenvalue weighted by molar-refractivity contribution is 9.10. The van der Waals surface area contributed by atoms with Crippen LogP contribution in [-0.2, 0) is 24.2 Å². The normalized spacial score (nSPS) is 13.2. The number of hydrogen-bond donors (Lipinski definition) is 1. The lowest BCUT2D eigenvalue weighted by molar-refractivity contribution is -0.116. The molecule has 0 saturated carbocycles. The number of nitriles is 1. The number of thiophene rings is 1. The van der Waals surface area contributed by atoms with Crippen LogP contribution in [0.2, 0.25) is 0 Å². The Hall–Kier alpha value is -1.91. The third-order valence-corrected chi connectivity index (χ3v) is 5.72. The Kier molecular flexibility index (Phi) is 4.88. The first-order valence-electron chi connectivity index (χ1n) is 7.70. The zero-order valence-corrected chi connectivity index (χ0v) is 15.6. The molecule has 0 aliphatic heterocycles. The maximum atomic E-state index is 12.3. The first-order chi connectivity index (χ1) is 11.5. The van der Waals surface area contributed by atoms with Crippen LogP contribution in [0.4, 0.5) is 5.00 Å². The standard InChI is InChI=1S/C17H16BrN3O2S/c1-10-6-11(18)8-21(17(10)23)9-15(22)20-16-13(7-19)12-4-2-3-5-14(12)24-16/h6,8H,2-5,9H2,1H3,(H,20,22). The zero-order chi connectivity index (χ0) is 17.3. The lowest BCUT2D eigenvalue weighted by atomic mass is 9.96. The van der Waals surface area contributed by atoms with Crippen LogP contribution in [0.3, 0.4) is 0 Å². The molecule has 2 aromatic heterocycles. The molecule has 0 unspecified atom stereocenters. The van der Waals surface area contributed by atoms with Gasteiger partial charge >= 0.3 is 0 Å². The Morgan fingerprint density at radius 2 is 2.21 bits per heavy atom. The summed E-state index contributed by atoms with van der Waals surface area (Å²) in [6, 6.07) is 3.94. The molecule has 0 spiro atoms. The molecule has 0 fully saturated rings. The predicted molar refractivity (Wildman–Crippen MR) is 97.4 cm³/mol. The van der Waals surface area contributed by atoms with Crippen molar-refractivity contribution < 1.29 is 4.79 Å². The molecule has 0 atom stereocenters. The van der Waals surface area contributed by atoms with E-state index in [1.807, 2.05) is 0 Å². The maximum Gasteiger partial charge on any atom is 0.253 e. The number of fused-ring (bicyclic) bond motifs is 1. The van der Waals surface area contributed by atoms with Crippen molar-refractivity contribution >= 4 is 38.2 Å². The maximum absolute atomic E-state index is 12.3. The van der Waals surface area contributed by atoms with Crippen molar-refractivity contribution in [2.75, 3.05) is 5.32 Å². The first-order valence-corrected chi connectivity index (χ1v) is 9.31. The first kappa shape index (κ1) is 16.9. The van der Waals surface area contributed by atoms with Gasteiger partial charge in [0.2, 0.25) is 5.91 Å². The molecule has 1 aliphatic rings. The number of amides is 1. The molecule has 5 nitrogen and oxygen atoms in total. The van der Waals surface area contributed by atoms with Crippen LogP contribution in [0.25, 0.3) is 0 Å². The molecule has 3 rings (SSSR count). The van der Waals surface area contributed by atoms with E-state index in [-0.39, 0.29) is 18.0 Å². The summed E-state index contributed by atoms with van der Waals surface area (Å²) in [5.74, 6) is -0.301. The van der Waals surface area contributed by atoms with E-state index in [1.54, 1.807) is 19.2 Å². The van der Waals surface area contributed by atoms with Crippen molar-refractivity contribution in [2.24, 2.45) is 0 Å². The van der Waals surface area contributed by atoms with Gasteiger partial charge in [0.25, 0.3) is 5.56 Å². The molecular weight excluding hydrogens is 390 g/mol. The van der Waals surface area contributed by atoms with E-state index in [0.29, 0.717) is 16.1 Å². The number of aryl methyl sites for hydroxylation is 2. The zero-order valence-electron chi connectivity index (χ0n) is 13.2. The lowest BCUT2D eigenvalue weighted by Crippen LogP contribution is -2.28. The van der Waals surface area contributed by atoms with Gasteiger partial charge < -0.3 is 9.88 Å². The van der Waals surface area contributed by atoms with Gasteiger partial charge in [0.05, 0.1) is 5.56 Å². The summed E-state index contributed by atoms with van der Waals surface area (Å²) < 4.78 is 2.12. The minimum Gasteiger partial charge on any atom is -0.315 e. The number of pyridine rings is 1. The average Bonchev–Trinajstić information content (AvgIpc) is 2.88. The Bertz CT molecular complexity index is 908. The summed E-state index contributed by atoms with van der Waals surface area (Å²) in [6.07, 6.45) is 5.67. The van der Waals surface area contributed by atoms with Crippen molar-refractivity contribution in [1.82, 2.24) is 4.57 Å². The van der Waals surface area contributed by atoms with E-state index in [4.69, 9.17) is 0 Å². The van der Waals surface area contributed by atoms with Gasteiger partial charge in [0, 0.05) is 21.1 Å². The molecule has 1 aliphatic carbocycles. The summed E-state index contributed by atoms with van der Waals surface area (Å²) >= 11 is 4.82. The van der Waals surface area contributed by atoms with Crippen molar-refractivity contribution in [3.05, 3.63) is 48.7 Å². The van der Waals surface area contributed by atoms with E-state index >= 15 is 0 Å². The Labute approximate surface area is 152 Å². The second-order valence-electron chi connectivity index (χ2n) is 5.85. The van der Waals surface area contributed by atoms with Crippen LogP contribution >= 0.6 is 27.3 Å². The third kappa shape index (κ3) is 3.30. The summed E-state index contributed by atoms with van der Waals surface area (Å²) in [4.78, 5) is 25.7. The number of halogens is 1. The number of aromatic nitrogens is 1. The van der Waals surface area contributed by atoms with Crippen molar-refractivity contribution in [2.45, 2.75) is 39.2 Å². The number of nitrogens with zero attached hydrogens (tertiary/aromatic N) is 2. The molecule has 0 radical (unpaired) electrons. The summed E-state index contributed by atoms with van der Waals surface area (Å²) in [5.41, 5.74) is 2.04. The Balaban J connectivity index is 1.83. The molecule has 7 heteroatoms. The van der Waals surface area contributed by atoms with Gasteiger partial charge in [0.1, 0.15) is 17.6 Å². The molecule has 124 valence electrons. The minimum atomic E-state index is -0.301. The van der Waals surface area contributed by atoms with Gasteiger partial charge in [-0.2, -0.15) is 5.26 Å². The molecule has 0 bridgehead atoms. The van der Waals surface area contributed by atoms with Gasteiger partial charge in [-0.25, -0.2) is 0 Å². The number of rotatable bonds is 3. The van der Waals surface area contributed by atoms with Crippen molar-refractivity contribution in [3.63, 3.8) is 0 Å². The van der Waals surface area contributed by atoms with E-state index in [0.717, 1.165) is 35.7 Å². The van der Waals surface area contributed by atoms with Crippen LogP contribution in [0, 0.1) is 18.3 Å². The molecular formula is C17H16BrN3O2S. The third-order valence-electron chi connectivity index (χ3n) is 4.08. The van der Waals surface area contributed by atoms with Gasteiger partial charge in [0.15, 0.2) is 0 Å². The molecule has 0 saturated heterocycles. The fraction of sp³-hybridized carbons (Fsp3) is 0.353. The average molecular weight is 406 g/mol. The Morgan fingerprint density at radius 1 is 1.46 bits per heavy atom. The highest BCUT2D eigenvalue weighted by Crippen LogP contribution is 2.37. The van der Waals surface area contributed by atoms with Crippen molar-refractivity contribution in [3.8, 4) is 6.07 Å². The fourth-order valence-corrected chi connectivity index (χ4v) is 4.80. The van der Waals surface area contributed by atoms with Gasteiger partial charge in [-0.3, -0.25) is 9.59 Å². The van der Waals surface area contributed by atoms with Crippen LogP contribution < -0.4 is 10.9 Å². The van der Waals surface area contributed by atoms with Crippen LogP contribution in [0.5, 0.6) is 0 Å². The summed E-state index contributed by atoms with van der Waals surface area (Å²) in [7, 11) is 0. The minimum absolute atomic E-state index is 0.0768. The number of carbonyl (C=O) groups excluding carboxylic acids is 1. The number of hydrogen-bond acceptors (Lipinski definition) is 4. The molecule has 1 N–H and O–H groups in total. The second-order valence-corrected chi connectivity index (χ2v) is 7.87. The number of nitrogens with one attached hydrogen (secondary N) is 1. The molecule has 2 heterocycles. The van der Waals surface area contributed by atoms with Gasteiger partial charge in [-0.15, -0.1) is 11.3 Å². The SMILES string of the molecule is Cc1cc(Br)cn(CC(=O)Nc2sc3c(c2C#N)CCCC3)c1=O. The second kappa shape index (κ2) is 6.91. The number of carbonyl (C=O) groups is 1. The molecule has 2 aromatic rings. The highest BCUT2D eigenvalue weighted by Gasteiger charge is 2.21. The number of anilines is 1. The van der Waals surface area contributed by atoms with E-state index in [2.05, 4.69) is 27.3 Å². The van der Waals surface area contributed by atoms with E-state index in [9.17, 15) is 14.9 Å². The summed E-state index contributed by atoms with van der Waals surface area (Å²) in [5, 5.41) is 12.8. The van der Waals surface area contributed by atoms with Gasteiger partial charge in [-0.1, -0.05) is 0 Å². The van der Waals surface area contributed by atoms with E-state index in [1.165, 1.54) is 20.8 Å². The largest absolute Gasteiger partial charge is 0.315 e. The van der Waals surface area contributed by atoms with Crippen LogP contribution in [-0.4, -0.2) is 10.5 Å². The quantitative estimate of drug-likeness (QED) is 0.850. The van der Waals surface area contributed by atoms with Crippen LogP contribution in [0.15, 0.2) is 21.5 Å².